The molecule has 0 aliphatic carbocycles. The van der Waals surface area contributed by atoms with Gasteiger partial charge in [0, 0.05) is 11.6 Å². The second-order valence-corrected chi connectivity index (χ2v) is 5.50. The molecule has 106 valence electrons. The second kappa shape index (κ2) is 4.85. The van der Waals surface area contributed by atoms with Gasteiger partial charge in [0.15, 0.2) is 5.43 Å². The van der Waals surface area contributed by atoms with Crippen molar-refractivity contribution in [1.29, 1.82) is 0 Å². The summed E-state index contributed by atoms with van der Waals surface area (Å²) < 4.78 is 5.99. The van der Waals surface area contributed by atoms with Crippen molar-refractivity contribution >= 4 is 21.7 Å². The van der Waals surface area contributed by atoms with Crippen molar-refractivity contribution in [2.24, 2.45) is 0 Å². The molecule has 4 rings (SSSR count). The van der Waals surface area contributed by atoms with Crippen molar-refractivity contribution in [3.8, 4) is 11.3 Å². The van der Waals surface area contributed by atoms with E-state index in [0.29, 0.717) is 16.7 Å². The van der Waals surface area contributed by atoms with Crippen LogP contribution in [-0.4, -0.2) is 0 Å². The summed E-state index contributed by atoms with van der Waals surface area (Å²) in [6, 6.07) is 21.4. The minimum Gasteiger partial charge on any atom is -0.456 e. The van der Waals surface area contributed by atoms with Crippen LogP contribution in [0.1, 0.15) is 5.56 Å². The topological polar surface area (TPSA) is 30.2 Å². The third-order valence-corrected chi connectivity index (χ3v) is 3.94. The van der Waals surface area contributed by atoms with Gasteiger partial charge in [0.25, 0.3) is 0 Å². The van der Waals surface area contributed by atoms with Gasteiger partial charge in [0.05, 0.1) is 5.39 Å². The molecule has 0 unspecified atom stereocenters. The fraction of sp³-hybridized carbons (Fsp3) is 0.0500. The smallest absolute Gasteiger partial charge is 0.193 e. The highest BCUT2D eigenvalue weighted by Gasteiger charge is 2.09. The van der Waals surface area contributed by atoms with Crippen molar-refractivity contribution in [2.45, 2.75) is 6.92 Å². The zero-order chi connectivity index (χ0) is 15.1. The maximum atomic E-state index is 12.4. The van der Waals surface area contributed by atoms with Crippen LogP contribution < -0.4 is 5.43 Å². The van der Waals surface area contributed by atoms with Crippen LogP contribution in [-0.2, 0) is 0 Å². The van der Waals surface area contributed by atoms with Gasteiger partial charge in [-0.1, -0.05) is 54.1 Å². The maximum Gasteiger partial charge on any atom is 0.193 e. The fourth-order valence-corrected chi connectivity index (χ4v) is 2.84. The Morgan fingerprint density at radius 2 is 1.64 bits per heavy atom. The normalized spacial score (nSPS) is 11.1. The third kappa shape index (κ3) is 2.01. The summed E-state index contributed by atoms with van der Waals surface area (Å²) in [6.45, 7) is 1.97. The van der Waals surface area contributed by atoms with E-state index in [2.05, 4.69) is 12.1 Å². The highest BCUT2D eigenvalue weighted by molar-refractivity contribution is 5.96. The van der Waals surface area contributed by atoms with E-state index >= 15 is 0 Å². The number of hydrogen-bond donors (Lipinski definition) is 0. The number of hydrogen-bond acceptors (Lipinski definition) is 2. The summed E-state index contributed by atoms with van der Waals surface area (Å²) in [5.41, 5.74) is 2.62. The first kappa shape index (κ1) is 12.8. The molecule has 22 heavy (non-hydrogen) atoms. The molecule has 0 N–H and O–H groups in total. The Labute approximate surface area is 127 Å². The molecule has 0 saturated carbocycles. The standard InChI is InChI=1S/C20H14O2/c1-13-9-10-19-17(11-13)18(21)12-20(22-19)16-8-4-6-14-5-2-3-7-15(14)16/h2-12H,1H3. The van der Waals surface area contributed by atoms with Gasteiger partial charge in [-0.15, -0.1) is 0 Å². The van der Waals surface area contributed by atoms with Crippen LogP contribution in [0.2, 0.25) is 0 Å². The molecule has 2 nitrogen and oxygen atoms in total. The minimum atomic E-state index is -0.00659. The first-order valence-electron chi connectivity index (χ1n) is 7.25. The summed E-state index contributed by atoms with van der Waals surface area (Å²) in [5.74, 6) is 0.609. The first-order valence-corrected chi connectivity index (χ1v) is 7.25. The van der Waals surface area contributed by atoms with Gasteiger partial charge in [-0.05, 0) is 29.8 Å². The molecule has 0 aliphatic heterocycles. The van der Waals surface area contributed by atoms with Gasteiger partial charge in [-0.2, -0.15) is 0 Å². The van der Waals surface area contributed by atoms with Gasteiger partial charge in [0.1, 0.15) is 11.3 Å². The van der Waals surface area contributed by atoms with Crippen LogP contribution in [0.15, 0.2) is 75.9 Å². The monoisotopic (exact) mass is 286 g/mol. The third-order valence-electron chi connectivity index (χ3n) is 3.94. The zero-order valence-electron chi connectivity index (χ0n) is 12.2. The van der Waals surface area contributed by atoms with Gasteiger partial charge in [-0.3, -0.25) is 4.79 Å². The van der Waals surface area contributed by atoms with Crippen molar-refractivity contribution in [1.82, 2.24) is 0 Å². The molecular weight excluding hydrogens is 272 g/mol. The average molecular weight is 286 g/mol. The molecule has 4 aromatic rings. The molecule has 0 amide bonds. The Kier molecular flexibility index (Phi) is 2.83. The maximum absolute atomic E-state index is 12.4. The summed E-state index contributed by atoms with van der Waals surface area (Å²) >= 11 is 0. The highest BCUT2D eigenvalue weighted by Crippen LogP contribution is 2.29. The number of fused-ring (bicyclic) bond motifs is 2. The first-order chi connectivity index (χ1) is 10.7. The Morgan fingerprint density at radius 3 is 2.55 bits per heavy atom. The van der Waals surface area contributed by atoms with Crippen LogP contribution in [0.4, 0.5) is 0 Å². The second-order valence-electron chi connectivity index (χ2n) is 5.50. The van der Waals surface area contributed by atoms with E-state index in [1.54, 1.807) is 6.07 Å². The van der Waals surface area contributed by atoms with E-state index in [0.717, 1.165) is 21.9 Å². The summed E-state index contributed by atoms with van der Waals surface area (Å²) in [6.07, 6.45) is 0. The lowest BCUT2D eigenvalue weighted by atomic mass is 10.0. The van der Waals surface area contributed by atoms with Crippen molar-refractivity contribution < 1.29 is 4.42 Å². The van der Waals surface area contributed by atoms with Crippen LogP contribution in [0.25, 0.3) is 33.1 Å². The van der Waals surface area contributed by atoms with E-state index in [9.17, 15) is 4.79 Å². The van der Waals surface area contributed by atoms with E-state index in [1.807, 2.05) is 55.5 Å². The molecule has 0 aliphatic rings. The lowest BCUT2D eigenvalue weighted by Gasteiger charge is -2.07. The van der Waals surface area contributed by atoms with E-state index in [1.165, 1.54) is 0 Å². The minimum absolute atomic E-state index is 0.00659. The van der Waals surface area contributed by atoms with Crippen LogP contribution in [0.5, 0.6) is 0 Å². The Hall–Kier alpha value is -2.87. The molecule has 0 atom stereocenters. The van der Waals surface area contributed by atoms with E-state index < -0.39 is 0 Å². The number of rotatable bonds is 1. The SMILES string of the molecule is Cc1ccc2oc(-c3cccc4ccccc34)cc(=O)c2c1. The summed E-state index contributed by atoms with van der Waals surface area (Å²) in [4.78, 5) is 12.4. The predicted octanol–water partition coefficient (Wildman–Crippen LogP) is 4.92. The van der Waals surface area contributed by atoms with Gasteiger partial charge >= 0.3 is 0 Å². The number of aryl methyl sites for hydroxylation is 1. The van der Waals surface area contributed by atoms with Gasteiger partial charge in [0.2, 0.25) is 0 Å². The Balaban J connectivity index is 2.05. The van der Waals surface area contributed by atoms with Gasteiger partial charge < -0.3 is 4.42 Å². The van der Waals surface area contributed by atoms with E-state index in [-0.39, 0.29) is 5.43 Å². The Morgan fingerprint density at radius 1 is 0.818 bits per heavy atom. The molecule has 0 radical (unpaired) electrons. The van der Waals surface area contributed by atoms with Crippen molar-refractivity contribution in [3.05, 3.63) is 82.5 Å². The molecule has 0 bridgehead atoms. The molecule has 2 heteroatoms. The fourth-order valence-electron chi connectivity index (χ4n) is 2.84. The largest absolute Gasteiger partial charge is 0.456 e. The van der Waals surface area contributed by atoms with Crippen molar-refractivity contribution in [2.75, 3.05) is 0 Å². The number of benzene rings is 3. The summed E-state index contributed by atoms with van der Waals surface area (Å²) in [7, 11) is 0. The molecule has 1 aromatic heterocycles. The molecular formula is C20H14O2. The Bertz CT molecular complexity index is 1050. The van der Waals surface area contributed by atoms with Crippen LogP contribution >= 0.6 is 0 Å². The van der Waals surface area contributed by atoms with Crippen LogP contribution in [0, 0.1) is 6.92 Å². The lowest BCUT2D eigenvalue weighted by Crippen LogP contribution is -2.00. The predicted molar refractivity (Wildman–Crippen MR) is 90.2 cm³/mol. The lowest BCUT2D eigenvalue weighted by molar-refractivity contribution is 0.619. The molecule has 0 fully saturated rings. The van der Waals surface area contributed by atoms with Crippen LogP contribution in [0.3, 0.4) is 0 Å². The summed E-state index contributed by atoms with van der Waals surface area (Å²) in [5, 5.41) is 2.84. The quantitative estimate of drug-likeness (QED) is 0.497. The zero-order valence-corrected chi connectivity index (χ0v) is 12.2. The average Bonchev–Trinajstić information content (AvgIpc) is 2.55. The highest BCUT2D eigenvalue weighted by atomic mass is 16.3. The van der Waals surface area contributed by atoms with E-state index in [4.69, 9.17) is 4.42 Å². The molecule has 0 saturated heterocycles. The van der Waals surface area contributed by atoms with Crippen molar-refractivity contribution in [3.63, 3.8) is 0 Å². The molecule has 3 aromatic carbocycles. The van der Waals surface area contributed by atoms with Gasteiger partial charge in [-0.25, -0.2) is 0 Å². The molecule has 0 spiro atoms. The molecule has 1 heterocycles.